The molecule has 2 aromatic rings. The minimum absolute atomic E-state index is 0.190. The number of rotatable bonds is 4. The SMILES string of the molecule is Cc1nc(CN(C)C)sc1C(=O)Nc1cccc(C#N)c1. The van der Waals surface area contributed by atoms with Gasteiger partial charge in [-0.3, -0.25) is 4.79 Å². The van der Waals surface area contributed by atoms with Gasteiger partial charge in [0.1, 0.15) is 9.88 Å². The number of nitrogens with one attached hydrogen (secondary N) is 1. The predicted molar refractivity (Wildman–Crippen MR) is 83.4 cm³/mol. The van der Waals surface area contributed by atoms with E-state index in [9.17, 15) is 4.79 Å². The van der Waals surface area contributed by atoms with E-state index in [1.54, 1.807) is 24.3 Å². The topological polar surface area (TPSA) is 69.0 Å². The largest absolute Gasteiger partial charge is 0.321 e. The van der Waals surface area contributed by atoms with Crippen molar-refractivity contribution in [2.75, 3.05) is 19.4 Å². The van der Waals surface area contributed by atoms with Crippen LogP contribution in [-0.2, 0) is 6.54 Å². The maximum atomic E-state index is 12.3. The molecule has 2 rings (SSSR count). The molecule has 1 aromatic heterocycles. The van der Waals surface area contributed by atoms with Gasteiger partial charge in [-0.25, -0.2) is 4.98 Å². The van der Waals surface area contributed by atoms with E-state index >= 15 is 0 Å². The molecular formula is C15H16N4OS. The Kier molecular flexibility index (Phi) is 4.68. The van der Waals surface area contributed by atoms with Gasteiger partial charge in [0.15, 0.2) is 0 Å². The van der Waals surface area contributed by atoms with Crippen LogP contribution in [0.1, 0.15) is 25.9 Å². The first kappa shape index (κ1) is 15.2. The number of hydrogen-bond donors (Lipinski definition) is 1. The summed E-state index contributed by atoms with van der Waals surface area (Å²) in [6, 6.07) is 8.90. The van der Waals surface area contributed by atoms with E-state index in [4.69, 9.17) is 5.26 Å². The zero-order valence-electron chi connectivity index (χ0n) is 12.2. The Morgan fingerprint density at radius 2 is 2.24 bits per heavy atom. The predicted octanol–water partition coefficient (Wildman–Crippen LogP) is 2.64. The molecule has 0 spiro atoms. The van der Waals surface area contributed by atoms with E-state index in [1.807, 2.05) is 25.9 Å². The fourth-order valence-electron chi connectivity index (χ4n) is 1.86. The summed E-state index contributed by atoms with van der Waals surface area (Å²) < 4.78 is 0. The van der Waals surface area contributed by atoms with Gasteiger partial charge in [-0.05, 0) is 39.2 Å². The fraction of sp³-hybridized carbons (Fsp3) is 0.267. The molecule has 5 nitrogen and oxygen atoms in total. The van der Waals surface area contributed by atoms with Gasteiger partial charge in [0.25, 0.3) is 5.91 Å². The summed E-state index contributed by atoms with van der Waals surface area (Å²) in [6.07, 6.45) is 0. The van der Waals surface area contributed by atoms with Crippen LogP contribution in [0, 0.1) is 18.3 Å². The van der Waals surface area contributed by atoms with Gasteiger partial charge in [-0.1, -0.05) is 6.07 Å². The van der Waals surface area contributed by atoms with E-state index in [0.29, 0.717) is 22.7 Å². The van der Waals surface area contributed by atoms with Crippen molar-refractivity contribution < 1.29 is 4.79 Å². The number of hydrogen-bond acceptors (Lipinski definition) is 5. The Balaban J connectivity index is 2.16. The van der Waals surface area contributed by atoms with Crippen LogP contribution in [0.2, 0.25) is 0 Å². The number of nitriles is 1. The summed E-state index contributed by atoms with van der Waals surface area (Å²) in [5.41, 5.74) is 1.86. The first-order chi connectivity index (χ1) is 9.99. The first-order valence-electron chi connectivity index (χ1n) is 6.42. The fourth-order valence-corrected chi connectivity index (χ4v) is 2.93. The van der Waals surface area contributed by atoms with Crippen LogP contribution in [0.5, 0.6) is 0 Å². The number of nitrogens with zero attached hydrogens (tertiary/aromatic N) is 3. The lowest BCUT2D eigenvalue weighted by molar-refractivity contribution is 0.103. The van der Waals surface area contributed by atoms with E-state index in [2.05, 4.69) is 16.4 Å². The lowest BCUT2D eigenvalue weighted by Crippen LogP contribution is -2.11. The molecular weight excluding hydrogens is 284 g/mol. The first-order valence-corrected chi connectivity index (χ1v) is 7.24. The Morgan fingerprint density at radius 1 is 1.48 bits per heavy atom. The van der Waals surface area contributed by atoms with Crippen LogP contribution in [-0.4, -0.2) is 29.9 Å². The van der Waals surface area contributed by atoms with Gasteiger partial charge in [0.05, 0.1) is 17.3 Å². The molecule has 0 unspecified atom stereocenters. The third kappa shape index (κ3) is 3.88. The van der Waals surface area contributed by atoms with Gasteiger partial charge < -0.3 is 10.2 Å². The molecule has 0 saturated heterocycles. The van der Waals surface area contributed by atoms with Crippen molar-refractivity contribution in [3.8, 4) is 6.07 Å². The van der Waals surface area contributed by atoms with Crippen LogP contribution in [0.4, 0.5) is 5.69 Å². The highest BCUT2D eigenvalue weighted by atomic mass is 32.1. The molecule has 0 radical (unpaired) electrons. The number of carbonyl (C=O) groups is 1. The standard InChI is InChI=1S/C15H16N4OS/c1-10-14(21-13(17-10)9-19(2)3)15(20)18-12-6-4-5-11(7-12)8-16/h4-7H,9H2,1-3H3,(H,18,20). The average molecular weight is 300 g/mol. The smallest absolute Gasteiger partial charge is 0.267 e. The van der Waals surface area contributed by atoms with Gasteiger partial charge in [0, 0.05) is 12.2 Å². The molecule has 0 aliphatic rings. The summed E-state index contributed by atoms with van der Waals surface area (Å²) >= 11 is 1.40. The highest BCUT2D eigenvalue weighted by molar-refractivity contribution is 7.13. The zero-order chi connectivity index (χ0) is 15.4. The van der Waals surface area contributed by atoms with Crippen molar-refractivity contribution in [2.45, 2.75) is 13.5 Å². The maximum absolute atomic E-state index is 12.3. The molecule has 1 heterocycles. The van der Waals surface area contributed by atoms with Crippen LogP contribution in [0.25, 0.3) is 0 Å². The van der Waals surface area contributed by atoms with Crippen LogP contribution in [0.3, 0.4) is 0 Å². The molecule has 0 saturated carbocycles. The van der Waals surface area contributed by atoms with Gasteiger partial charge in [0.2, 0.25) is 0 Å². The molecule has 6 heteroatoms. The van der Waals surface area contributed by atoms with E-state index in [-0.39, 0.29) is 5.91 Å². The van der Waals surface area contributed by atoms with Crippen molar-refractivity contribution in [2.24, 2.45) is 0 Å². The van der Waals surface area contributed by atoms with Gasteiger partial charge in [-0.2, -0.15) is 5.26 Å². The van der Waals surface area contributed by atoms with Crippen molar-refractivity contribution in [1.29, 1.82) is 5.26 Å². The van der Waals surface area contributed by atoms with Gasteiger partial charge >= 0.3 is 0 Å². The van der Waals surface area contributed by atoms with Crippen molar-refractivity contribution in [3.05, 3.63) is 45.4 Å². The zero-order valence-corrected chi connectivity index (χ0v) is 13.0. The molecule has 0 aliphatic heterocycles. The summed E-state index contributed by atoms with van der Waals surface area (Å²) in [5.74, 6) is -0.190. The normalized spacial score (nSPS) is 10.4. The Labute approximate surface area is 127 Å². The summed E-state index contributed by atoms with van der Waals surface area (Å²) in [7, 11) is 3.92. The van der Waals surface area contributed by atoms with Crippen LogP contribution < -0.4 is 5.32 Å². The molecule has 1 aromatic carbocycles. The molecule has 1 N–H and O–H groups in total. The highest BCUT2D eigenvalue weighted by Gasteiger charge is 2.15. The molecule has 0 aliphatic carbocycles. The molecule has 0 atom stereocenters. The van der Waals surface area contributed by atoms with Crippen LogP contribution in [0.15, 0.2) is 24.3 Å². The minimum atomic E-state index is -0.190. The lowest BCUT2D eigenvalue weighted by atomic mass is 10.2. The van der Waals surface area contributed by atoms with Crippen molar-refractivity contribution >= 4 is 22.9 Å². The number of aryl methyl sites for hydroxylation is 1. The van der Waals surface area contributed by atoms with E-state index < -0.39 is 0 Å². The van der Waals surface area contributed by atoms with Crippen molar-refractivity contribution in [3.63, 3.8) is 0 Å². The number of carbonyl (C=O) groups excluding carboxylic acids is 1. The number of benzene rings is 1. The third-order valence-corrected chi connectivity index (χ3v) is 3.89. The average Bonchev–Trinajstić information content (AvgIpc) is 2.79. The monoisotopic (exact) mass is 300 g/mol. The number of anilines is 1. The van der Waals surface area contributed by atoms with Crippen LogP contribution >= 0.6 is 11.3 Å². The van der Waals surface area contributed by atoms with Gasteiger partial charge in [-0.15, -0.1) is 11.3 Å². The highest BCUT2D eigenvalue weighted by Crippen LogP contribution is 2.21. The van der Waals surface area contributed by atoms with E-state index in [1.165, 1.54) is 11.3 Å². The Morgan fingerprint density at radius 3 is 2.90 bits per heavy atom. The molecule has 21 heavy (non-hydrogen) atoms. The Hall–Kier alpha value is -2.23. The number of amides is 1. The summed E-state index contributed by atoms with van der Waals surface area (Å²) in [6.45, 7) is 2.54. The molecule has 0 fully saturated rings. The lowest BCUT2D eigenvalue weighted by Gasteiger charge is -2.05. The summed E-state index contributed by atoms with van der Waals surface area (Å²) in [4.78, 5) is 19.3. The molecule has 0 bridgehead atoms. The second-order valence-corrected chi connectivity index (χ2v) is 5.99. The number of aromatic nitrogens is 1. The Bertz CT molecular complexity index is 700. The number of thiazole rings is 1. The third-order valence-electron chi connectivity index (χ3n) is 2.75. The molecule has 1 amide bonds. The molecule has 108 valence electrons. The quantitative estimate of drug-likeness (QED) is 0.942. The second kappa shape index (κ2) is 6.48. The second-order valence-electron chi connectivity index (χ2n) is 4.91. The van der Waals surface area contributed by atoms with E-state index in [0.717, 1.165) is 10.7 Å². The van der Waals surface area contributed by atoms with Crippen molar-refractivity contribution in [1.82, 2.24) is 9.88 Å². The minimum Gasteiger partial charge on any atom is -0.321 e. The maximum Gasteiger partial charge on any atom is 0.267 e. The summed E-state index contributed by atoms with van der Waals surface area (Å²) in [5, 5.41) is 12.6.